The fourth-order valence-corrected chi connectivity index (χ4v) is 3.91. The standard InChI is InChI=1S/C21H22ClN7O3/c1-13-14(2)28(12-23-13)20-11-19(24-15(3)25-20)26-6-8-27(9-7-26)21(30)17-5-4-16(29(31)32)10-18(17)22/h4-5,10-12H,6-9H2,1-3H3. The molecule has 0 unspecified atom stereocenters. The summed E-state index contributed by atoms with van der Waals surface area (Å²) >= 11 is 6.13. The molecule has 0 aliphatic carbocycles. The normalized spacial score (nSPS) is 14.0. The van der Waals surface area contributed by atoms with E-state index in [0.717, 1.165) is 23.0 Å². The van der Waals surface area contributed by atoms with Crippen LogP contribution in [0.15, 0.2) is 30.6 Å². The number of aromatic nitrogens is 4. The van der Waals surface area contributed by atoms with Crippen molar-refractivity contribution in [3.8, 4) is 5.82 Å². The number of carbonyl (C=O) groups excluding carboxylic acids is 1. The minimum absolute atomic E-state index is 0.0775. The van der Waals surface area contributed by atoms with E-state index in [2.05, 4.69) is 19.9 Å². The highest BCUT2D eigenvalue weighted by Crippen LogP contribution is 2.25. The topological polar surface area (TPSA) is 110 Å². The zero-order chi connectivity index (χ0) is 23.0. The van der Waals surface area contributed by atoms with E-state index in [1.54, 1.807) is 11.2 Å². The van der Waals surface area contributed by atoms with Crippen molar-refractivity contribution in [3.63, 3.8) is 0 Å². The Morgan fingerprint density at radius 3 is 2.34 bits per heavy atom. The van der Waals surface area contributed by atoms with Crippen molar-refractivity contribution in [1.82, 2.24) is 24.4 Å². The highest BCUT2D eigenvalue weighted by molar-refractivity contribution is 6.34. The summed E-state index contributed by atoms with van der Waals surface area (Å²) < 4.78 is 1.93. The number of aryl methyl sites for hydroxylation is 2. The third-order valence-electron chi connectivity index (χ3n) is 5.59. The van der Waals surface area contributed by atoms with Gasteiger partial charge in [0.2, 0.25) is 0 Å². The lowest BCUT2D eigenvalue weighted by Crippen LogP contribution is -2.49. The number of imidazole rings is 1. The smallest absolute Gasteiger partial charge is 0.270 e. The molecule has 2 aromatic heterocycles. The number of hydrogen-bond donors (Lipinski definition) is 0. The van der Waals surface area contributed by atoms with E-state index in [4.69, 9.17) is 11.6 Å². The molecule has 1 amide bonds. The van der Waals surface area contributed by atoms with Gasteiger partial charge in [-0.2, -0.15) is 0 Å². The van der Waals surface area contributed by atoms with Crippen LogP contribution in [0.1, 0.15) is 27.6 Å². The van der Waals surface area contributed by atoms with Gasteiger partial charge >= 0.3 is 0 Å². The predicted molar refractivity (Wildman–Crippen MR) is 120 cm³/mol. The second-order valence-corrected chi connectivity index (χ2v) is 8.02. The van der Waals surface area contributed by atoms with Gasteiger partial charge in [0.1, 0.15) is 23.8 Å². The van der Waals surface area contributed by atoms with Crippen molar-refractivity contribution in [2.24, 2.45) is 0 Å². The van der Waals surface area contributed by atoms with Gasteiger partial charge in [-0.3, -0.25) is 19.5 Å². The van der Waals surface area contributed by atoms with Crippen LogP contribution < -0.4 is 4.90 Å². The number of nitro groups is 1. The van der Waals surface area contributed by atoms with Crippen molar-refractivity contribution < 1.29 is 9.72 Å². The number of non-ortho nitro benzene ring substituents is 1. The van der Waals surface area contributed by atoms with Crippen molar-refractivity contribution in [2.75, 3.05) is 31.1 Å². The SMILES string of the molecule is Cc1nc(N2CCN(C(=O)c3ccc([N+](=O)[O-])cc3Cl)CC2)cc(-n2cnc(C)c2C)n1. The fourth-order valence-electron chi connectivity index (χ4n) is 3.65. The van der Waals surface area contributed by atoms with Crippen molar-refractivity contribution >= 4 is 29.0 Å². The number of nitrogens with zero attached hydrogens (tertiary/aromatic N) is 7. The van der Waals surface area contributed by atoms with Gasteiger partial charge in [0, 0.05) is 50.1 Å². The molecule has 3 aromatic rings. The zero-order valence-corrected chi connectivity index (χ0v) is 18.7. The Balaban J connectivity index is 1.49. The Morgan fingerprint density at radius 1 is 1.06 bits per heavy atom. The summed E-state index contributed by atoms with van der Waals surface area (Å²) in [6, 6.07) is 5.83. The molecule has 166 valence electrons. The second kappa shape index (κ2) is 8.54. The maximum atomic E-state index is 12.9. The van der Waals surface area contributed by atoms with Gasteiger partial charge in [-0.1, -0.05) is 11.6 Å². The van der Waals surface area contributed by atoms with E-state index in [1.165, 1.54) is 18.2 Å². The molecule has 1 aliphatic rings. The summed E-state index contributed by atoms with van der Waals surface area (Å²) in [5.74, 6) is 1.95. The molecule has 0 radical (unpaired) electrons. The molecule has 11 heteroatoms. The third kappa shape index (κ3) is 4.13. The van der Waals surface area contributed by atoms with Gasteiger partial charge in [0.05, 0.1) is 21.2 Å². The first kappa shape index (κ1) is 21.7. The molecule has 3 heterocycles. The number of benzene rings is 1. The van der Waals surface area contributed by atoms with Crippen molar-refractivity contribution in [3.05, 3.63) is 68.5 Å². The average molecular weight is 456 g/mol. The average Bonchev–Trinajstić information content (AvgIpc) is 3.11. The van der Waals surface area contributed by atoms with Gasteiger partial charge in [0.25, 0.3) is 11.6 Å². The summed E-state index contributed by atoms with van der Waals surface area (Å²) in [4.78, 5) is 40.5. The van der Waals surface area contributed by atoms with Crippen LogP contribution in [0.5, 0.6) is 0 Å². The van der Waals surface area contributed by atoms with E-state index < -0.39 is 4.92 Å². The molecule has 4 rings (SSSR count). The van der Waals surface area contributed by atoms with E-state index in [0.29, 0.717) is 32.0 Å². The number of nitro benzene ring substituents is 1. The molecule has 1 aromatic carbocycles. The first-order valence-corrected chi connectivity index (χ1v) is 10.5. The van der Waals surface area contributed by atoms with Crippen LogP contribution in [0.2, 0.25) is 5.02 Å². The molecular formula is C21H22ClN7O3. The molecular weight excluding hydrogens is 434 g/mol. The summed E-state index contributed by atoms with van der Waals surface area (Å²) in [7, 11) is 0. The lowest BCUT2D eigenvalue weighted by atomic mass is 10.1. The predicted octanol–water partition coefficient (Wildman–Crippen LogP) is 3.11. The molecule has 1 aliphatic heterocycles. The van der Waals surface area contributed by atoms with E-state index in [9.17, 15) is 14.9 Å². The van der Waals surface area contributed by atoms with Gasteiger partial charge in [-0.15, -0.1) is 0 Å². The van der Waals surface area contributed by atoms with Gasteiger partial charge in [-0.25, -0.2) is 15.0 Å². The molecule has 0 N–H and O–H groups in total. The maximum absolute atomic E-state index is 12.9. The Hall–Kier alpha value is -3.53. The van der Waals surface area contributed by atoms with Crippen molar-refractivity contribution in [1.29, 1.82) is 0 Å². The molecule has 0 atom stereocenters. The number of carbonyl (C=O) groups is 1. The number of anilines is 1. The first-order chi connectivity index (χ1) is 15.2. The van der Waals surface area contributed by atoms with E-state index >= 15 is 0 Å². The molecule has 10 nitrogen and oxygen atoms in total. The number of rotatable bonds is 4. The van der Waals surface area contributed by atoms with Gasteiger partial charge in [-0.05, 0) is 26.8 Å². The van der Waals surface area contributed by atoms with E-state index in [1.807, 2.05) is 31.4 Å². The highest BCUT2D eigenvalue weighted by atomic mass is 35.5. The Kier molecular flexibility index (Phi) is 5.79. The number of amides is 1. The van der Waals surface area contributed by atoms with Crippen LogP contribution in [0, 0.1) is 30.9 Å². The van der Waals surface area contributed by atoms with E-state index in [-0.39, 0.29) is 22.2 Å². The Morgan fingerprint density at radius 2 is 1.75 bits per heavy atom. The Labute approximate surface area is 189 Å². The van der Waals surface area contributed by atoms with Crippen LogP contribution in [-0.4, -0.2) is 61.4 Å². The third-order valence-corrected chi connectivity index (χ3v) is 5.91. The second-order valence-electron chi connectivity index (χ2n) is 7.62. The molecule has 0 spiro atoms. The molecule has 1 fully saturated rings. The summed E-state index contributed by atoms with van der Waals surface area (Å²) in [5.41, 5.74) is 2.08. The largest absolute Gasteiger partial charge is 0.353 e. The lowest BCUT2D eigenvalue weighted by molar-refractivity contribution is -0.384. The molecule has 32 heavy (non-hydrogen) atoms. The number of halogens is 1. The quantitative estimate of drug-likeness (QED) is 0.439. The van der Waals surface area contributed by atoms with Crippen LogP contribution in [-0.2, 0) is 0 Å². The number of piperazine rings is 1. The summed E-state index contributed by atoms with van der Waals surface area (Å²) in [5, 5.41) is 11.0. The van der Waals surface area contributed by atoms with Crippen LogP contribution >= 0.6 is 11.6 Å². The molecule has 0 saturated carbocycles. The minimum Gasteiger partial charge on any atom is -0.353 e. The fraction of sp³-hybridized carbons (Fsp3) is 0.333. The van der Waals surface area contributed by atoms with Gasteiger partial charge < -0.3 is 9.80 Å². The van der Waals surface area contributed by atoms with Crippen LogP contribution in [0.25, 0.3) is 5.82 Å². The monoisotopic (exact) mass is 455 g/mol. The zero-order valence-electron chi connectivity index (χ0n) is 17.9. The first-order valence-electron chi connectivity index (χ1n) is 10.1. The van der Waals surface area contributed by atoms with Crippen LogP contribution in [0.4, 0.5) is 11.5 Å². The number of hydrogen-bond acceptors (Lipinski definition) is 7. The lowest BCUT2D eigenvalue weighted by Gasteiger charge is -2.35. The summed E-state index contributed by atoms with van der Waals surface area (Å²) in [6.07, 6.45) is 1.75. The van der Waals surface area contributed by atoms with Crippen molar-refractivity contribution in [2.45, 2.75) is 20.8 Å². The van der Waals surface area contributed by atoms with Gasteiger partial charge in [0.15, 0.2) is 0 Å². The minimum atomic E-state index is -0.538. The summed E-state index contributed by atoms with van der Waals surface area (Å²) in [6.45, 7) is 7.94. The highest BCUT2D eigenvalue weighted by Gasteiger charge is 2.25. The van der Waals surface area contributed by atoms with Crippen LogP contribution in [0.3, 0.4) is 0 Å². The molecule has 1 saturated heterocycles. The Bertz CT molecular complexity index is 1200. The molecule has 0 bridgehead atoms. The maximum Gasteiger partial charge on any atom is 0.270 e.